The summed E-state index contributed by atoms with van der Waals surface area (Å²) in [5.41, 5.74) is 6.74. The molecule has 1 aromatic carbocycles. The summed E-state index contributed by atoms with van der Waals surface area (Å²) in [5.74, 6) is 1.25. The Bertz CT molecular complexity index is 576. The Labute approximate surface area is 156 Å². The first kappa shape index (κ1) is 22.1. The lowest BCUT2D eigenvalue weighted by Gasteiger charge is -2.27. The molecule has 0 spiro atoms. The number of ether oxygens (including phenoxy) is 3. The fourth-order valence-electron chi connectivity index (χ4n) is 3.15. The summed E-state index contributed by atoms with van der Waals surface area (Å²) in [4.78, 5) is 11.2. The van der Waals surface area contributed by atoms with Crippen LogP contribution in [-0.2, 0) is 4.79 Å². The normalized spacial score (nSPS) is 14.4. The van der Waals surface area contributed by atoms with Gasteiger partial charge in [0.1, 0.15) is 11.8 Å². The van der Waals surface area contributed by atoms with E-state index in [4.69, 9.17) is 25.1 Å². The average molecular weight is 367 g/mol. The molecule has 0 aromatic heterocycles. The van der Waals surface area contributed by atoms with Crippen LogP contribution >= 0.6 is 0 Å². The number of aliphatic carboxylic acids is 1. The number of nitrogens with two attached hydrogens (primary N) is 1. The predicted molar refractivity (Wildman–Crippen MR) is 102 cm³/mol. The van der Waals surface area contributed by atoms with Crippen LogP contribution < -0.4 is 19.9 Å². The zero-order chi connectivity index (χ0) is 19.7. The summed E-state index contributed by atoms with van der Waals surface area (Å²) in [7, 11) is 0. The summed E-state index contributed by atoms with van der Waals surface area (Å²) in [5, 5.41) is 9.16. The third-order valence-corrected chi connectivity index (χ3v) is 4.55. The molecule has 6 heteroatoms. The highest BCUT2D eigenvalue weighted by Crippen LogP contribution is 2.43. The van der Waals surface area contributed by atoms with E-state index < -0.39 is 12.0 Å². The maximum Gasteiger partial charge on any atom is 0.320 e. The van der Waals surface area contributed by atoms with E-state index in [1.165, 1.54) is 0 Å². The fourth-order valence-corrected chi connectivity index (χ4v) is 3.15. The molecular weight excluding hydrogens is 334 g/mol. The SMILES string of the molecule is CCOc1cc(OCC)c(OCC)c(C(C)C(CC)CC(N)C(=O)O)c1. The van der Waals surface area contributed by atoms with E-state index in [9.17, 15) is 4.79 Å². The Morgan fingerprint density at radius 1 is 1.08 bits per heavy atom. The molecule has 0 saturated heterocycles. The van der Waals surface area contributed by atoms with Gasteiger partial charge in [0, 0.05) is 11.6 Å². The number of rotatable bonds is 12. The van der Waals surface area contributed by atoms with Crippen molar-refractivity contribution in [2.24, 2.45) is 11.7 Å². The van der Waals surface area contributed by atoms with E-state index in [0.29, 0.717) is 37.7 Å². The van der Waals surface area contributed by atoms with Gasteiger partial charge < -0.3 is 25.1 Å². The molecule has 0 aliphatic carbocycles. The van der Waals surface area contributed by atoms with Crippen molar-refractivity contribution in [1.82, 2.24) is 0 Å². The van der Waals surface area contributed by atoms with Gasteiger partial charge in [-0.05, 0) is 45.1 Å². The van der Waals surface area contributed by atoms with Gasteiger partial charge >= 0.3 is 5.97 Å². The lowest BCUT2D eigenvalue weighted by atomic mass is 9.81. The highest BCUT2D eigenvalue weighted by atomic mass is 16.5. The van der Waals surface area contributed by atoms with E-state index in [1.54, 1.807) is 0 Å². The standard InChI is InChI=1S/C20H33NO5/c1-6-14(10-17(21)20(22)23)13(5)16-11-15(24-7-2)12-18(25-8-3)19(16)26-9-4/h11-14,17H,6-10,21H2,1-5H3,(H,22,23). The number of hydrogen-bond acceptors (Lipinski definition) is 5. The van der Waals surface area contributed by atoms with Crippen LogP contribution in [0.15, 0.2) is 12.1 Å². The van der Waals surface area contributed by atoms with Gasteiger partial charge in [0.2, 0.25) is 0 Å². The van der Waals surface area contributed by atoms with E-state index in [1.807, 2.05) is 39.8 Å². The second kappa shape index (κ2) is 10.9. The zero-order valence-electron chi connectivity index (χ0n) is 16.6. The van der Waals surface area contributed by atoms with Crippen LogP contribution in [0.25, 0.3) is 0 Å². The maximum atomic E-state index is 11.2. The quantitative estimate of drug-likeness (QED) is 0.584. The molecule has 0 heterocycles. The van der Waals surface area contributed by atoms with Crippen LogP contribution in [0.3, 0.4) is 0 Å². The summed E-state index contributed by atoms with van der Waals surface area (Å²) >= 11 is 0. The molecule has 0 saturated carbocycles. The zero-order valence-corrected chi connectivity index (χ0v) is 16.6. The monoisotopic (exact) mass is 367 g/mol. The van der Waals surface area contributed by atoms with Crippen molar-refractivity contribution in [1.29, 1.82) is 0 Å². The molecule has 1 aromatic rings. The maximum absolute atomic E-state index is 11.2. The lowest BCUT2D eigenvalue weighted by molar-refractivity contribution is -0.139. The summed E-state index contributed by atoms with van der Waals surface area (Å²) in [6, 6.07) is 2.94. The smallest absolute Gasteiger partial charge is 0.320 e. The van der Waals surface area contributed by atoms with Crippen LogP contribution in [0, 0.1) is 5.92 Å². The molecular formula is C20H33NO5. The molecule has 3 atom stereocenters. The minimum Gasteiger partial charge on any atom is -0.494 e. The van der Waals surface area contributed by atoms with Gasteiger partial charge in [0.25, 0.3) is 0 Å². The van der Waals surface area contributed by atoms with E-state index in [-0.39, 0.29) is 11.8 Å². The van der Waals surface area contributed by atoms with Gasteiger partial charge in [-0.3, -0.25) is 4.79 Å². The van der Waals surface area contributed by atoms with Crippen LogP contribution in [0.2, 0.25) is 0 Å². The molecule has 0 aliphatic heterocycles. The van der Waals surface area contributed by atoms with Gasteiger partial charge in [-0.15, -0.1) is 0 Å². The minimum absolute atomic E-state index is 0.0477. The van der Waals surface area contributed by atoms with Crippen molar-refractivity contribution in [3.8, 4) is 17.2 Å². The second-order valence-electron chi connectivity index (χ2n) is 6.28. The molecule has 148 valence electrons. The Morgan fingerprint density at radius 2 is 1.69 bits per heavy atom. The largest absolute Gasteiger partial charge is 0.494 e. The molecule has 1 rings (SSSR count). The number of hydrogen-bond donors (Lipinski definition) is 2. The Morgan fingerprint density at radius 3 is 2.19 bits per heavy atom. The lowest BCUT2D eigenvalue weighted by Crippen LogP contribution is -2.33. The highest BCUT2D eigenvalue weighted by molar-refractivity contribution is 5.73. The van der Waals surface area contributed by atoms with Crippen LogP contribution in [0.1, 0.15) is 58.9 Å². The Hall–Kier alpha value is -1.95. The van der Waals surface area contributed by atoms with E-state index >= 15 is 0 Å². The first-order valence-corrected chi connectivity index (χ1v) is 9.44. The van der Waals surface area contributed by atoms with Crippen LogP contribution in [0.5, 0.6) is 17.2 Å². The number of carboxylic acid groups (broad SMARTS) is 1. The first-order valence-electron chi connectivity index (χ1n) is 9.44. The number of benzene rings is 1. The number of carboxylic acids is 1. The highest BCUT2D eigenvalue weighted by Gasteiger charge is 2.27. The predicted octanol–water partition coefficient (Wildman–Crippen LogP) is 3.81. The van der Waals surface area contributed by atoms with E-state index in [2.05, 4.69) is 6.92 Å². The second-order valence-corrected chi connectivity index (χ2v) is 6.28. The first-order chi connectivity index (χ1) is 12.4. The Kier molecular flexibility index (Phi) is 9.27. The third-order valence-electron chi connectivity index (χ3n) is 4.55. The summed E-state index contributed by atoms with van der Waals surface area (Å²) in [6.07, 6.45) is 1.22. The minimum atomic E-state index is -0.973. The fraction of sp³-hybridized carbons (Fsp3) is 0.650. The van der Waals surface area contributed by atoms with Gasteiger partial charge in [-0.2, -0.15) is 0 Å². The van der Waals surface area contributed by atoms with Crippen molar-refractivity contribution in [2.75, 3.05) is 19.8 Å². The van der Waals surface area contributed by atoms with Crippen molar-refractivity contribution >= 4 is 5.97 Å². The summed E-state index contributed by atoms with van der Waals surface area (Å²) in [6.45, 7) is 11.5. The topological polar surface area (TPSA) is 91.0 Å². The molecule has 6 nitrogen and oxygen atoms in total. The molecule has 26 heavy (non-hydrogen) atoms. The average Bonchev–Trinajstić information content (AvgIpc) is 2.61. The molecule has 0 fully saturated rings. The molecule has 0 amide bonds. The van der Waals surface area contributed by atoms with Crippen LogP contribution in [-0.4, -0.2) is 36.9 Å². The van der Waals surface area contributed by atoms with Gasteiger partial charge in [0.05, 0.1) is 19.8 Å². The molecule has 0 bridgehead atoms. The van der Waals surface area contributed by atoms with Gasteiger partial charge in [0.15, 0.2) is 11.5 Å². The molecule has 3 N–H and O–H groups in total. The molecule has 0 aliphatic rings. The van der Waals surface area contributed by atoms with Crippen molar-refractivity contribution in [2.45, 2.75) is 59.4 Å². The molecule has 0 radical (unpaired) electrons. The third kappa shape index (κ3) is 5.80. The van der Waals surface area contributed by atoms with E-state index in [0.717, 1.165) is 17.7 Å². The molecule has 3 unspecified atom stereocenters. The van der Waals surface area contributed by atoms with Gasteiger partial charge in [-0.25, -0.2) is 0 Å². The Balaban J connectivity index is 3.32. The van der Waals surface area contributed by atoms with Crippen molar-refractivity contribution in [3.63, 3.8) is 0 Å². The van der Waals surface area contributed by atoms with Crippen molar-refractivity contribution in [3.05, 3.63) is 17.7 Å². The van der Waals surface area contributed by atoms with Crippen LogP contribution in [0.4, 0.5) is 0 Å². The van der Waals surface area contributed by atoms with Gasteiger partial charge in [-0.1, -0.05) is 20.3 Å². The number of carbonyl (C=O) groups is 1. The summed E-state index contributed by atoms with van der Waals surface area (Å²) < 4.78 is 17.4. The van der Waals surface area contributed by atoms with Crippen molar-refractivity contribution < 1.29 is 24.1 Å².